The first-order valence-corrected chi connectivity index (χ1v) is 8.62. The summed E-state index contributed by atoms with van der Waals surface area (Å²) in [5, 5.41) is 1.83. The van der Waals surface area contributed by atoms with Crippen LogP contribution >= 0.6 is 33.9 Å². The molecule has 1 aromatic carbocycles. The number of benzene rings is 1. The molecule has 0 N–H and O–H groups in total. The van der Waals surface area contributed by atoms with Crippen LogP contribution in [0.3, 0.4) is 0 Å². The number of carbonyl (C=O) groups excluding carboxylic acids is 1. The first-order chi connectivity index (χ1) is 11.0. The van der Waals surface area contributed by atoms with Crippen molar-refractivity contribution in [3.05, 3.63) is 61.0 Å². The second-order valence-corrected chi connectivity index (χ2v) is 6.73. The summed E-state index contributed by atoms with van der Waals surface area (Å²) in [4.78, 5) is 28.0. The molecule has 0 amide bonds. The van der Waals surface area contributed by atoms with Crippen LogP contribution in [0.15, 0.2) is 40.6 Å². The number of halogens is 1. The van der Waals surface area contributed by atoms with Crippen LogP contribution in [0.4, 0.5) is 0 Å². The van der Waals surface area contributed by atoms with Crippen molar-refractivity contribution in [2.45, 2.75) is 6.92 Å². The predicted octanol–water partition coefficient (Wildman–Crippen LogP) is 3.46. The van der Waals surface area contributed by atoms with Crippen molar-refractivity contribution in [3.63, 3.8) is 0 Å². The van der Waals surface area contributed by atoms with E-state index in [0.717, 1.165) is 9.13 Å². The molecule has 0 aliphatic carbocycles. The minimum Gasteiger partial charge on any atom is -0.426 e. The molecule has 0 unspecified atom stereocenters. The molecule has 7 heteroatoms. The Hall–Kier alpha value is -2.00. The Kier molecular flexibility index (Phi) is 4.58. The summed E-state index contributed by atoms with van der Waals surface area (Å²) in [5.41, 5.74) is 1.44. The van der Waals surface area contributed by atoms with Gasteiger partial charge in [-0.2, -0.15) is 0 Å². The number of fused-ring (bicyclic) bond motifs is 1. The highest BCUT2D eigenvalue weighted by atomic mass is 127. The van der Waals surface area contributed by atoms with Gasteiger partial charge in [0, 0.05) is 24.6 Å². The minimum atomic E-state index is -0.347. The quantitative estimate of drug-likeness (QED) is 0.357. The van der Waals surface area contributed by atoms with E-state index in [1.165, 1.54) is 28.7 Å². The van der Waals surface area contributed by atoms with Gasteiger partial charge in [0.1, 0.15) is 5.75 Å². The van der Waals surface area contributed by atoms with E-state index in [2.05, 4.69) is 27.6 Å². The maximum atomic E-state index is 11.9. The Labute approximate surface area is 149 Å². The first kappa shape index (κ1) is 15.9. The third kappa shape index (κ3) is 3.67. The van der Waals surface area contributed by atoms with Gasteiger partial charge in [0.2, 0.25) is 0 Å². The lowest BCUT2D eigenvalue weighted by atomic mass is 10.2. The summed E-state index contributed by atoms with van der Waals surface area (Å²) in [6.45, 7) is 1.37. The standard InChI is InChI=1S/C16H11IN2O3S/c1-10(20)22-14-5-3-11(8-13(14)17)2-4-12-9-15(21)19-6-7-23-16(19)18-12/h2-9H,1H3. The highest BCUT2D eigenvalue weighted by Crippen LogP contribution is 2.23. The normalized spacial score (nSPS) is 11.2. The molecule has 0 bridgehead atoms. The molecule has 2 heterocycles. The molecular weight excluding hydrogens is 427 g/mol. The van der Waals surface area contributed by atoms with Crippen molar-refractivity contribution < 1.29 is 9.53 Å². The maximum Gasteiger partial charge on any atom is 0.308 e. The van der Waals surface area contributed by atoms with E-state index < -0.39 is 0 Å². The largest absolute Gasteiger partial charge is 0.426 e. The fourth-order valence-corrected chi connectivity index (χ4v) is 3.36. The molecule has 2 aromatic heterocycles. The van der Waals surface area contributed by atoms with E-state index in [9.17, 15) is 9.59 Å². The molecule has 3 aromatic rings. The molecule has 0 aliphatic rings. The van der Waals surface area contributed by atoms with Gasteiger partial charge < -0.3 is 4.74 Å². The van der Waals surface area contributed by atoms with Crippen LogP contribution < -0.4 is 10.3 Å². The van der Waals surface area contributed by atoms with E-state index in [1.807, 2.05) is 23.6 Å². The second kappa shape index (κ2) is 6.63. The molecule has 0 aliphatic heterocycles. The number of carbonyl (C=O) groups is 1. The molecule has 0 saturated heterocycles. The van der Waals surface area contributed by atoms with Crippen LogP contribution in [0.5, 0.6) is 5.75 Å². The molecule has 116 valence electrons. The highest BCUT2D eigenvalue weighted by Gasteiger charge is 2.04. The zero-order chi connectivity index (χ0) is 16.4. The lowest BCUT2D eigenvalue weighted by Gasteiger charge is -2.04. The molecule has 5 nitrogen and oxygen atoms in total. The summed E-state index contributed by atoms with van der Waals surface area (Å²) < 4.78 is 7.44. The molecule has 0 spiro atoms. The molecule has 23 heavy (non-hydrogen) atoms. The van der Waals surface area contributed by atoms with E-state index in [-0.39, 0.29) is 11.5 Å². The summed E-state index contributed by atoms with van der Waals surface area (Å²) in [6.07, 6.45) is 5.36. The number of hydrogen-bond acceptors (Lipinski definition) is 5. The van der Waals surface area contributed by atoms with Gasteiger partial charge in [0.05, 0.1) is 9.26 Å². The van der Waals surface area contributed by atoms with E-state index in [4.69, 9.17) is 4.74 Å². The molecule has 0 fully saturated rings. The van der Waals surface area contributed by atoms with Crippen molar-refractivity contribution in [1.29, 1.82) is 0 Å². The van der Waals surface area contributed by atoms with Gasteiger partial charge in [-0.05, 0) is 46.4 Å². The summed E-state index contributed by atoms with van der Waals surface area (Å²) in [5.74, 6) is 0.187. The lowest BCUT2D eigenvalue weighted by Crippen LogP contribution is -2.11. The Morgan fingerprint density at radius 2 is 2.17 bits per heavy atom. The number of hydrogen-bond donors (Lipinski definition) is 0. The Balaban J connectivity index is 1.88. The summed E-state index contributed by atoms with van der Waals surface area (Å²) >= 11 is 3.53. The van der Waals surface area contributed by atoms with Crippen LogP contribution in [0.2, 0.25) is 0 Å². The Morgan fingerprint density at radius 3 is 2.91 bits per heavy atom. The fourth-order valence-electron chi connectivity index (χ4n) is 1.98. The molecule has 0 radical (unpaired) electrons. The number of aromatic nitrogens is 2. The third-order valence-corrected chi connectivity index (χ3v) is 4.58. The average Bonchev–Trinajstić information content (AvgIpc) is 2.96. The van der Waals surface area contributed by atoms with E-state index in [1.54, 1.807) is 18.3 Å². The first-order valence-electron chi connectivity index (χ1n) is 6.66. The van der Waals surface area contributed by atoms with Gasteiger partial charge in [-0.1, -0.05) is 12.1 Å². The Bertz CT molecular complexity index is 975. The van der Waals surface area contributed by atoms with Crippen molar-refractivity contribution in [2.75, 3.05) is 0 Å². The van der Waals surface area contributed by atoms with Gasteiger partial charge in [-0.15, -0.1) is 11.3 Å². The van der Waals surface area contributed by atoms with Crippen molar-refractivity contribution in [2.24, 2.45) is 0 Å². The van der Waals surface area contributed by atoms with Gasteiger partial charge in [-0.3, -0.25) is 14.0 Å². The second-order valence-electron chi connectivity index (χ2n) is 4.69. The van der Waals surface area contributed by atoms with E-state index in [0.29, 0.717) is 16.4 Å². The van der Waals surface area contributed by atoms with Crippen molar-refractivity contribution >= 4 is 57.0 Å². The van der Waals surface area contributed by atoms with Gasteiger partial charge >= 0.3 is 5.97 Å². The lowest BCUT2D eigenvalue weighted by molar-refractivity contribution is -0.131. The number of nitrogens with zero attached hydrogens (tertiary/aromatic N) is 2. The van der Waals surface area contributed by atoms with E-state index >= 15 is 0 Å². The zero-order valence-electron chi connectivity index (χ0n) is 12.0. The van der Waals surface area contributed by atoms with Gasteiger partial charge in [-0.25, -0.2) is 4.98 Å². The summed E-state index contributed by atoms with van der Waals surface area (Å²) in [7, 11) is 0. The summed E-state index contributed by atoms with van der Waals surface area (Å²) in [6, 6.07) is 6.97. The minimum absolute atomic E-state index is 0.101. The monoisotopic (exact) mass is 438 g/mol. The van der Waals surface area contributed by atoms with Gasteiger partial charge in [0.25, 0.3) is 5.56 Å². The maximum absolute atomic E-state index is 11.9. The fraction of sp³-hybridized carbons (Fsp3) is 0.0625. The number of esters is 1. The number of thiazole rings is 1. The molecular formula is C16H11IN2O3S. The predicted molar refractivity (Wildman–Crippen MR) is 98.7 cm³/mol. The van der Waals surface area contributed by atoms with Crippen LogP contribution in [0, 0.1) is 3.57 Å². The Morgan fingerprint density at radius 1 is 1.35 bits per heavy atom. The van der Waals surface area contributed by atoms with Crippen LogP contribution in [0.25, 0.3) is 17.1 Å². The smallest absolute Gasteiger partial charge is 0.308 e. The number of ether oxygens (including phenoxy) is 1. The van der Waals surface area contributed by atoms with Crippen LogP contribution in [-0.4, -0.2) is 15.4 Å². The van der Waals surface area contributed by atoms with Gasteiger partial charge in [0.15, 0.2) is 4.96 Å². The third-order valence-electron chi connectivity index (χ3n) is 2.98. The van der Waals surface area contributed by atoms with Crippen molar-refractivity contribution in [1.82, 2.24) is 9.38 Å². The topological polar surface area (TPSA) is 60.7 Å². The SMILES string of the molecule is CC(=O)Oc1ccc(C=Cc2cc(=O)n3ccsc3n2)cc1I. The molecule has 3 rings (SSSR count). The molecule has 0 atom stereocenters. The highest BCUT2D eigenvalue weighted by molar-refractivity contribution is 14.1. The average molecular weight is 438 g/mol. The molecule has 0 saturated carbocycles. The van der Waals surface area contributed by atoms with Crippen molar-refractivity contribution in [3.8, 4) is 5.75 Å². The van der Waals surface area contributed by atoms with Crippen LogP contribution in [-0.2, 0) is 4.79 Å². The number of rotatable bonds is 3. The zero-order valence-corrected chi connectivity index (χ0v) is 15.0. The van der Waals surface area contributed by atoms with Crippen LogP contribution in [0.1, 0.15) is 18.2 Å².